The van der Waals surface area contributed by atoms with Gasteiger partial charge in [-0.25, -0.2) is 0 Å². The number of nitrogens with one attached hydrogen (secondary N) is 2. The summed E-state index contributed by atoms with van der Waals surface area (Å²) in [5, 5.41) is 14.0. The van der Waals surface area contributed by atoms with Gasteiger partial charge in [0.05, 0.1) is 6.04 Å². The van der Waals surface area contributed by atoms with E-state index >= 15 is 0 Å². The van der Waals surface area contributed by atoms with E-state index in [1.165, 1.54) is 0 Å². The van der Waals surface area contributed by atoms with E-state index in [0.717, 1.165) is 5.56 Å². The Labute approximate surface area is 99.5 Å². The molecule has 0 fully saturated rings. The summed E-state index contributed by atoms with van der Waals surface area (Å²) in [5.41, 5.74) is 1.11. The smallest absolute Gasteiger partial charge is 0.315 e. The Hall–Kier alpha value is -1.95. The zero-order valence-electron chi connectivity index (χ0n) is 9.84. The largest absolute Gasteiger partial charge is 0.406 e. The number of nitrogens with zero attached hydrogens (tertiary/aromatic N) is 3. The van der Waals surface area contributed by atoms with Crippen molar-refractivity contribution in [2.45, 2.75) is 19.5 Å². The molecule has 2 rings (SSSR count). The molecule has 0 aliphatic heterocycles. The second kappa shape index (κ2) is 5.40. The Morgan fingerprint density at radius 2 is 2.06 bits per heavy atom. The van der Waals surface area contributed by atoms with Crippen LogP contribution in [0.15, 0.2) is 28.9 Å². The summed E-state index contributed by atoms with van der Waals surface area (Å²) in [4.78, 5) is 3.95. The molecular weight excluding hydrogens is 218 g/mol. The molecule has 0 saturated carbocycles. The Morgan fingerprint density at radius 3 is 2.76 bits per heavy atom. The third-order valence-electron chi connectivity index (χ3n) is 2.44. The van der Waals surface area contributed by atoms with Gasteiger partial charge in [-0.3, -0.25) is 4.98 Å². The molecule has 2 N–H and O–H groups in total. The first-order valence-electron chi connectivity index (χ1n) is 5.43. The number of hydrogen-bond donors (Lipinski definition) is 2. The predicted molar refractivity (Wildman–Crippen MR) is 63.3 cm³/mol. The van der Waals surface area contributed by atoms with Gasteiger partial charge in [0.2, 0.25) is 5.89 Å². The fraction of sp³-hybridized carbons (Fsp3) is 0.364. The SMILES string of the molecule is CNC(C)c1nnc(NCc2ccncc2)o1. The Morgan fingerprint density at radius 1 is 1.29 bits per heavy atom. The van der Waals surface area contributed by atoms with Crippen molar-refractivity contribution in [1.29, 1.82) is 0 Å². The highest BCUT2D eigenvalue weighted by atomic mass is 16.4. The second-order valence-electron chi connectivity index (χ2n) is 3.66. The average molecular weight is 233 g/mol. The highest BCUT2D eigenvalue weighted by Gasteiger charge is 2.11. The van der Waals surface area contributed by atoms with Gasteiger partial charge in [-0.05, 0) is 31.7 Å². The van der Waals surface area contributed by atoms with E-state index in [2.05, 4.69) is 25.8 Å². The van der Waals surface area contributed by atoms with Crippen LogP contribution in [0.2, 0.25) is 0 Å². The Kier molecular flexibility index (Phi) is 3.66. The molecule has 90 valence electrons. The number of aromatic nitrogens is 3. The predicted octanol–water partition coefficient (Wildman–Crippen LogP) is 1.36. The summed E-state index contributed by atoms with van der Waals surface area (Å²) < 4.78 is 5.45. The molecule has 0 radical (unpaired) electrons. The molecule has 1 atom stereocenters. The Bertz CT molecular complexity index is 456. The number of pyridine rings is 1. The molecule has 0 aliphatic carbocycles. The van der Waals surface area contributed by atoms with Gasteiger partial charge in [-0.2, -0.15) is 0 Å². The molecule has 1 unspecified atom stereocenters. The van der Waals surface area contributed by atoms with Crippen LogP contribution in [0.4, 0.5) is 6.01 Å². The second-order valence-corrected chi connectivity index (χ2v) is 3.66. The molecule has 0 aliphatic rings. The number of hydrogen-bond acceptors (Lipinski definition) is 6. The lowest BCUT2D eigenvalue weighted by atomic mass is 10.3. The molecule has 6 nitrogen and oxygen atoms in total. The van der Waals surface area contributed by atoms with E-state index in [-0.39, 0.29) is 6.04 Å². The molecular formula is C11H15N5O. The summed E-state index contributed by atoms with van der Waals surface area (Å²) in [5.74, 6) is 0.574. The van der Waals surface area contributed by atoms with Crippen molar-refractivity contribution in [2.24, 2.45) is 0 Å². The van der Waals surface area contributed by atoms with E-state index < -0.39 is 0 Å². The van der Waals surface area contributed by atoms with E-state index in [1.54, 1.807) is 12.4 Å². The average Bonchev–Trinajstić information content (AvgIpc) is 2.85. The van der Waals surface area contributed by atoms with Gasteiger partial charge in [-0.15, -0.1) is 5.10 Å². The van der Waals surface area contributed by atoms with E-state index in [1.807, 2.05) is 26.1 Å². The summed E-state index contributed by atoms with van der Waals surface area (Å²) in [7, 11) is 1.85. The van der Waals surface area contributed by atoms with E-state index in [0.29, 0.717) is 18.5 Å². The number of rotatable bonds is 5. The van der Waals surface area contributed by atoms with Crippen molar-refractivity contribution in [3.63, 3.8) is 0 Å². The van der Waals surface area contributed by atoms with Crippen LogP contribution in [-0.4, -0.2) is 22.2 Å². The van der Waals surface area contributed by atoms with Crippen LogP contribution in [0.25, 0.3) is 0 Å². The number of anilines is 1. The standard InChI is InChI=1S/C11H15N5O/c1-8(12-2)10-15-16-11(17-10)14-7-9-3-5-13-6-4-9/h3-6,8,12H,7H2,1-2H3,(H,14,16). The molecule has 2 aromatic rings. The van der Waals surface area contributed by atoms with Crippen LogP contribution in [0.5, 0.6) is 0 Å². The highest BCUT2D eigenvalue weighted by molar-refractivity contribution is 5.22. The fourth-order valence-corrected chi connectivity index (χ4v) is 1.28. The maximum atomic E-state index is 5.45. The first-order chi connectivity index (χ1) is 8.29. The monoisotopic (exact) mass is 233 g/mol. The van der Waals surface area contributed by atoms with Gasteiger partial charge in [0.25, 0.3) is 0 Å². The normalized spacial score (nSPS) is 12.4. The van der Waals surface area contributed by atoms with Gasteiger partial charge >= 0.3 is 6.01 Å². The Balaban J connectivity index is 1.94. The maximum Gasteiger partial charge on any atom is 0.315 e. The van der Waals surface area contributed by atoms with Gasteiger partial charge in [-0.1, -0.05) is 5.10 Å². The molecule has 0 aromatic carbocycles. The van der Waals surface area contributed by atoms with Crippen molar-refractivity contribution >= 4 is 6.01 Å². The summed E-state index contributed by atoms with van der Waals surface area (Å²) in [6, 6.07) is 4.35. The topological polar surface area (TPSA) is 75.9 Å². The van der Waals surface area contributed by atoms with Crippen molar-refractivity contribution in [3.8, 4) is 0 Å². The third kappa shape index (κ3) is 3.01. The lowest BCUT2D eigenvalue weighted by molar-refractivity contribution is 0.441. The molecule has 6 heteroatoms. The van der Waals surface area contributed by atoms with Crippen LogP contribution in [0, 0.1) is 0 Å². The van der Waals surface area contributed by atoms with Crippen molar-refractivity contribution in [3.05, 3.63) is 36.0 Å². The lowest BCUT2D eigenvalue weighted by Gasteiger charge is -2.03. The van der Waals surface area contributed by atoms with Crippen molar-refractivity contribution < 1.29 is 4.42 Å². The quantitative estimate of drug-likeness (QED) is 0.812. The maximum absolute atomic E-state index is 5.45. The van der Waals surface area contributed by atoms with Crippen LogP contribution < -0.4 is 10.6 Å². The van der Waals surface area contributed by atoms with Crippen molar-refractivity contribution in [1.82, 2.24) is 20.5 Å². The molecule has 0 amide bonds. The first kappa shape index (κ1) is 11.5. The van der Waals surface area contributed by atoms with Crippen LogP contribution >= 0.6 is 0 Å². The van der Waals surface area contributed by atoms with Gasteiger partial charge in [0.1, 0.15) is 0 Å². The summed E-state index contributed by atoms with van der Waals surface area (Å²) in [6.07, 6.45) is 3.50. The minimum Gasteiger partial charge on any atom is -0.406 e. The fourth-order valence-electron chi connectivity index (χ4n) is 1.28. The lowest BCUT2D eigenvalue weighted by Crippen LogP contribution is -2.12. The van der Waals surface area contributed by atoms with Crippen LogP contribution in [-0.2, 0) is 6.54 Å². The van der Waals surface area contributed by atoms with E-state index in [9.17, 15) is 0 Å². The zero-order chi connectivity index (χ0) is 12.1. The van der Waals surface area contributed by atoms with Gasteiger partial charge < -0.3 is 15.1 Å². The van der Waals surface area contributed by atoms with Gasteiger partial charge in [0.15, 0.2) is 0 Å². The van der Waals surface area contributed by atoms with Crippen molar-refractivity contribution in [2.75, 3.05) is 12.4 Å². The molecule has 0 saturated heterocycles. The molecule has 2 aromatic heterocycles. The van der Waals surface area contributed by atoms with Crippen LogP contribution in [0.3, 0.4) is 0 Å². The molecule has 17 heavy (non-hydrogen) atoms. The minimum atomic E-state index is 0.0546. The van der Waals surface area contributed by atoms with E-state index in [4.69, 9.17) is 4.42 Å². The summed E-state index contributed by atoms with van der Waals surface area (Å²) >= 11 is 0. The highest BCUT2D eigenvalue weighted by Crippen LogP contribution is 2.13. The van der Waals surface area contributed by atoms with Crippen LogP contribution in [0.1, 0.15) is 24.4 Å². The third-order valence-corrected chi connectivity index (χ3v) is 2.44. The molecule has 2 heterocycles. The van der Waals surface area contributed by atoms with Gasteiger partial charge in [0, 0.05) is 18.9 Å². The molecule has 0 spiro atoms. The summed E-state index contributed by atoms with van der Waals surface area (Å²) in [6.45, 7) is 2.60. The zero-order valence-corrected chi connectivity index (χ0v) is 9.84. The molecule has 0 bridgehead atoms. The first-order valence-corrected chi connectivity index (χ1v) is 5.43. The minimum absolute atomic E-state index is 0.0546.